The summed E-state index contributed by atoms with van der Waals surface area (Å²) < 4.78 is 24.2. The molecule has 0 aliphatic heterocycles. The summed E-state index contributed by atoms with van der Waals surface area (Å²) >= 11 is 7.38. The molecule has 0 saturated carbocycles. The zero-order valence-corrected chi connectivity index (χ0v) is 15.2. The predicted molar refractivity (Wildman–Crippen MR) is 96.9 cm³/mol. The molecule has 1 N–H and O–H groups in total. The number of aryl methyl sites for hydroxylation is 1. The van der Waals surface area contributed by atoms with Crippen molar-refractivity contribution in [2.75, 3.05) is 11.6 Å². The van der Waals surface area contributed by atoms with E-state index in [1.54, 1.807) is 0 Å². The van der Waals surface area contributed by atoms with Gasteiger partial charge in [0.1, 0.15) is 0 Å². The highest BCUT2D eigenvalue weighted by molar-refractivity contribution is 7.90. The Hall–Kier alpha value is -1.96. The number of rotatable bonds is 3. The molecule has 0 atom stereocenters. The average Bonchev–Trinajstić information content (AvgIpc) is 2.87. The molecule has 8 heteroatoms. The first-order valence-electron chi connectivity index (χ1n) is 6.92. The number of sulfone groups is 1. The first kappa shape index (κ1) is 16.9. The number of aromatic nitrogens is 1. The van der Waals surface area contributed by atoms with Gasteiger partial charge in [0.25, 0.3) is 5.91 Å². The van der Waals surface area contributed by atoms with Gasteiger partial charge in [-0.15, -0.1) is 0 Å². The van der Waals surface area contributed by atoms with Gasteiger partial charge in [0, 0.05) is 6.26 Å². The molecule has 0 fully saturated rings. The number of anilines is 1. The normalized spacial score (nSPS) is 11.6. The molecule has 0 spiro atoms. The second kappa shape index (κ2) is 6.16. The Morgan fingerprint density at radius 2 is 1.96 bits per heavy atom. The predicted octanol–water partition coefficient (Wildman–Crippen LogP) is 3.91. The molecule has 124 valence electrons. The number of carbonyl (C=O) groups is 1. The highest BCUT2D eigenvalue weighted by Gasteiger charge is 2.17. The van der Waals surface area contributed by atoms with E-state index in [4.69, 9.17) is 11.6 Å². The van der Waals surface area contributed by atoms with E-state index in [9.17, 15) is 13.2 Å². The van der Waals surface area contributed by atoms with E-state index in [-0.39, 0.29) is 15.5 Å². The van der Waals surface area contributed by atoms with Crippen LogP contribution in [0.2, 0.25) is 5.02 Å². The zero-order chi connectivity index (χ0) is 17.5. The number of thiazole rings is 1. The summed E-state index contributed by atoms with van der Waals surface area (Å²) in [6.07, 6.45) is 1.08. The molecule has 1 heterocycles. The van der Waals surface area contributed by atoms with Gasteiger partial charge in [-0.25, -0.2) is 13.4 Å². The minimum absolute atomic E-state index is 0.0389. The van der Waals surface area contributed by atoms with Crippen molar-refractivity contribution < 1.29 is 13.2 Å². The van der Waals surface area contributed by atoms with E-state index in [0.717, 1.165) is 22.0 Å². The van der Waals surface area contributed by atoms with Gasteiger partial charge in [0.15, 0.2) is 15.0 Å². The summed E-state index contributed by atoms with van der Waals surface area (Å²) in [5.74, 6) is -0.499. The molecule has 0 aliphatic carbocycles. The Kier molecular flexibility index (Phi) is 4.33. The van der Waals surface area contributed by atoms with Crippen LogP contribution < -0.4 is 5.32 Å². The van der Waals surface area contributed by atoms with Gasteiger partial charge in [-0.3, -0.25) is 10.1 Å². The zero-order valence-electron chi connectivity index (χ0n) is 12.8. The van der Waals surface area contributed by atoms with E-state index < -0.39 is 15.7 Å². The smallest absolute Gasteiger partial charge is 0.259 e. The van der Waals surface area contributed by atoms with Gasteiger partial charge >= 0.3 is 0 Å². The molecular formula is C16H13ClN2O3S2. The van der Waals surface area contributed by atoms with Crippen molar-refractivity contribution >= 4 is 54.0 Å². The van der Waals surface area contributed by atoms with Crippen molar-refractivity contribution in [2.45, 2.75) is 11.8 Å². The third kappa shape index (κ3) is 3.43. The molecule has 1 aromatic heterocycles. The number of halogens is 1. The summed E-state index contributed by atoms with van der Waals surface area (Å²) in [7, 11) is -3.43. The van der Waals surface area contributed by atoms with E-state index >= 15 is 0 Å². The van der Waals surface area contributed by atoms with E-state index in [2.05, 4.69) is 10.3 Å². The monoisotopic (exact) mass is 380 g/mol. The van der Waals surface area contributed by atoms with Crippen LogP contribution in [-0.4, -0.2) is 25.6 Å². The topological polar surface area (TPSA) is 76.1 Å². The molecule has 0 radical (unpaired) electrons. The van der Waals surface area contributed by atoms with Crippen molar-refractivity contribution in [3.8, 4) is 0 Å². The minimum Gasteiger partial charge on any atom is -0.298 e. The maximum atomic E-state index is 12.4. The number of nitrogens with one attached hydrogen (secondary N) is 1. The molecule has 1 amide bonds. The number of amides is 1. The fourth-order valence-corrected chi connectivity index (χ4v) is 3.97. The number of hydrogen-bond acceptors (Lipinski definition) is 5. The highest BCUT2D eigenvalue weighted by atomic mass is 35.5. The van der Waals surface area contributed by atoms with Crippen molar-refractivity contribution in [1.82, 2.24) is 4.98 Å². The third-order valence-corrected chi connectivity index (χ3v) is 5.75. The van der Waals surface area contributed by atoms with Crippen LogP contribution in [-0.2, 0) is 9.84 Å². The van der Waals surface area contributed by atoms with Gasteiger partial charge in [0.05, 0.1) is 25.7 Å². The van der Waals surface area contributed by atoms with Gasteiger partial charge in [-0.2, -0.15) is 0 Å². The number of nitrogens with zero attached hydrogens (tertiary/aromatic N) is 1. The minimum atomic E-state index is -3.43. The van der Waals surface area contributed by atoms with Crippen molar-refractivity contribution in [3.63, 3.8) is 0 Å². The lowest BCUT2D eigenvalue weighted by Gasteiger charge is -2.06. The SMILES string of the molecule is Cc1ccc2nc(NC(=O)c3cc(S(C)(=O)=O)ccc3Cl)sc2c1. The van der Waals surface area contributed by atoms with Gasteiger partial charge in [0.2, 0.25) is 0 Å². The van der Waals surface area contributed by atoms with E-state index in [0.29, 0.717) is 5.13 Å². The van der Waals surface area contributed by atoms with Crippen LogP contribution in [0.3, 0.4) is 0 Å². The lowest BCUT2D eigenvalue weighted by molar-refractivity contribution is 0.102. The average molecular weight is 381 g/mol. The van der Waals surface area contributed by atoms with E-state index in [1.807, 2.05) is 25.1 Å². The Morgan fingerprint density at radius 1 is 1.21 bits per heavy atom. The molecule has 3 aromatic rings. The molecule has 2 aromatic carbocycles. The summed E-state index contributed by atoms with van der Waals surface area (Å²) in [5.41, 5.74) is 1.99. The molecule has 0 saturated heterocycles. The Morgan fingerprint density at radius 3 is 2.67 bits per heavy atom. The van der Waals surface area contributed by atoms with Crippen molar-refractivity contribution in [3.05, 3.63) is 52.5 Å². The summed E-state index contributed by atoms with van der Waals surface area (Å²) in [6.45, 7) is 1.98. The quantitative estimate of drug-likeness (QED) is 0.747. The van der Waals surface area contributed by atoms with Crippen molar-refractivity contribution in [2.24, 2.45) is 0 Å². The first-order valence-corrected chi connectivity index (χ1v) is 10.0. The van der Waals surface area contributed by atoms with Gasteiger partial charge in [-0.05, 0) is 42.8 Å². The fraction of sp³-hybridized carbons (Fsp3) is 0.125. The Balaban J connectivity index is 1.94. The molecule has 0 bridgehead atoms. The second-order valence-electron chi connectivity index (χ2n) is 5.36. The molecule has 0 aliphatic rings. The highest BCUT2D eigenvalue weighted by Crippen LogP contribution is 2.28. The lowest BCUT2D eigenvalue weighted by atomic mass is 10.2. The van der Waals surface area contributed by atoms with Crippen LogP contribution in [0.15, 0.2) is 41.3 Å². The largest absolute Gasteiger partial charge is 0.298 e. The molecular weight excluding hydrogens is 368 g/mol. The third-order valence-electron chi connectivity index (χ3n) is 3.38. The second-order valence-corrected chi connectivity index (χ2v) is 8.81. The lowest BCUT2D eigenvalue weighted by Crippen LogP contribution is -2.13. The van der Waals surface area contributed by atoms with Gasteiger partial charge < -0.3 is 0 Å². The van der Waals surface area contributed by atoms with Crippen LogP contribution in [0, 0.1) is 6.92 Å². The first-order chi connectivity index (χ1) is 11.2. The summed E-state index contributed by atoms with van der Waals surface area (Å²) in [6, 6.07) is 9.85. The van der Waals surface area contributed by atoms with E-state index in [1.165, 1.54) is 29.5 Å². The molecule has 0 unspecified atom stereocenters. The van der Waals surface area contributed by atoms with Gasteiger partial charge in [-0.1, -0.05) is 29.0 Å². The van der Waals surface area contributed by atoms with Crippen molar-refractivity contribution in [1.29, 1.82) is 0 Å². The van der Waals surface area contributed by atoms with Crippen LogP contribution in [0.5, 0.6) is 0 Å². The number of fused-ring (bicyclic) bond motifs is 1. The Bertz CT molecular complexity index is 1060. The maximum Gasteiger partial charge on any atom is 0.259 e. The number of benzene rings is 2. The number of carbonyl (C=O) groups excluding carboxylic acids is 1. The Labute approximate surface area is 148 Å². The summed E-state index contributed by atoms with van der Waals surface area (Å²) in [4.78, 5) is 16.8. The standard InChI is InChI=1S/C16H13ClN2O3S2/c1-9-3-6-13-14(7-9)23-16(18-13)19-15(20)11-8-10(24(2,21)22)4-5-12(11)17/h3-8H,1-2H3,(H,18,19,20). The molecule has 5 nitrogen and oxygen atoms in total. The fourth-order valence-electron chi connectivity index (χ4n) is 2.16. The van der Waals surface area contributed by atoms with Crippen LogP contribution in [0.1, 0.15) is 15.9 Å². The van der Waals surface area contributed by atoms with Crippen LogP contribution in [0.25, 0.3) is 10.2 Å². The molecule has 3 rings (SSSR count). The maximum absolute atomic E-state index is 12.4. The summed E-state index contributed by atoms with van der Waals surface area (Å²) in [5, 5.41) is 3.29. The van der Waals surface area contributed by atoms with Crippen LogP contribution >= 0.6 is 22.9 Å². The molecule has 24 heavy (non-hydrogen) atoms. The number of hydrogen-bond donors (Lipinski definition) is 1. The van der Waals surface area contributed by atoms with Crippen LogP contribution in [0.4, 0.5) is 5.13 Å².